The van der Waals surface area contributed by atoms with Crippen molar-refractivity contribution in [1.29, 1.82) is 0 Å². The maximum atomic E-state index is 13.3. The Labute approximate surface area is 197 Å². The maximum Gasteiger partial charge on any atom is 0.245 e. The molecule has 2 atom stereocenters. The summed E-state index contributed by atoms with van der Waals surface area (Å²) in [6.07, 6.45) is 0.969. The molecular formula is C25H29FN4O4. The number of benzene rings is 2. The molecule has 1 heterocycles. The molecule has 0 aromatic heterocycles. The number of hydrogen-bond acceptors (Lipinski definition) is 4. The predicted octanol–water partition coefficient (Wildman–Crippen LogP) is 0.949. The van der Waals surface area contributed by atoms with Gasteiger partial charge in [-0.2, -0.15) is 0 Å². The lowest BCUT2D eigenvalue weighted by Crippen LogP contribution is -2.57. The fourth-order valence-electron chi connectivity index (χ4n) is 3.82. The van der Waals surface area contributed by atoms with Crippen LogP contribution in [0.4, 0.5) is 4.39 Å². The molecule has 34 heavy (non-hydrogen) atoms. The van der Waals surface area contributed by atoms with Crippen molar-refractivity contribution in [1.82, 2.24) is 20.9 Å². The minimum absolute atomic E-state index is 0.122. The Balaban J connectivity index is 1.82. The highest BCUT2D eigenvalue weighted by atomic mass is 19.1. The first-order valence-electron chi connectivity index (χ1n) is 11.3. The molecule has 2 aromatic carbocycles. The minimum Gasteiger partial charge on any atom is -0.345 e. The van der Waals surface area contributed by atoms with Crippen LogP contribution in [0, 0.1) is 5.82 Å². The second-order valence-electron chi connectivity index (χ2n) is 8.24. The highest BCUT2D eigenvalue weighted by molar-refractivity contribution is 5.95. The second kappa shape index (κ2) is 11.9. The number of halogens is 1. The van der Waals surface area contributed by atoms with Gasteiger partial charge in [0.2, 0.25) is 23.6 Å². The van der Waals surface area contributed by atoms with E-state index in [0.29, 0.717) is 18.5 Å². The molecule has 1 aliphatic heterocycles. The van der Waals surface area contributed by atoms with Crippen LogP contribution >= 0.6 is 0 Å². The van der Waals surface area contributed by atoms with Gasteiger partial charge in [-0.15, -0.1) is 0 Å². The van der Waals surface area contributed by atoms with Gasteiger partial charge in [0.05, 0.1) is 13.1 Å². The van der Waals surface area contributed by atoms with Gasteiger partial charge in [-0.05, 0) is 29.7 Å². The Bertz CT molecular complexity index is 1010. The standard InChI is InChI=1S/C25H29FN4O4/c1-2-12-30-16-23(32)28-20(13-17-6-4-3-5-7-17)24(33)27-15-22(31)29-21(25(30)34)14-18-8-10-19(26)11-9-18/h3-11,20-21H,2,12-16H2,1H3,(H,27,33)(H,28,32)(H,29,31)/t20-,21?/m0/s1. The Hall–Kier alpha value is -3.75. The van der Waals surface area contributed by atoms with Gasteiger partial charge in [0.1, 0.15) is 17.9 Å². The van der Waals surface area contributed by atoms with Crippen molar-refractivity contribution in [2.45, 2.75) is 38.3 Å². The zero-order valence-corrected chi connectivity index (χ0v) is 19.1. The van der Waals surface area contributed by atoms with Gasteiger partial charge in [0, 0.05) is 19.4 Å². The van der Waals surface area contributed by atoms with Crippen molar-refractivity contribution in [3.05, 3.63) is 71.5 Å². The third-order valence-electron chi connectivity index (χ3n) is 5.48. The lowest BCUT2D eigenvalue weighted by molar-refractivity contribution is -0.140. The monoisotopic (exact) mass is 468 g/mol. The molecule has 2 aromatic rings. The van der Waals surface area contributed by atoms with E-state index >= 15 is 0 Å². The molecule has 1 fully saturated rings. The number of nitrogens with one attached hydrogen (secondary N) is 3. The number of rotatable bonds is 6. The molecule has 3 rings (SSSR count). The number of carbonyl (C=O) groups excluding carboxylic acids is 4. The SMILES string of the molecule is CCCN1CC(=O)N[C@@H](Cc2ccccc2)C(=O)NCC(=O)NC(Cc2ccc(F)cc2)C1=O. The van der Waals surface area contributed by atoms with Crippen molar-refractivity contribution >= 4 is 23.6 Å². The Kier molecular flexibility index (Phi) is 8.73. The van der Waals surface area contributed by atoms with Crippen molar-refractivity contribution in [3.63, 3.8) is 0 Å². The fraction of sp³-hybridized carbons (Fsp3) is 0.360. The van der Waals surface area contributed by atoms with Gasteiger partial charge >= 0.3 is 0 Å². The van der Waals surface area contributed by atoms with E-state index in [-0.39, 0.29) is 25.9 Å². The molecule has 4 amide bonds. The maximum absolute atomic E-state index is 13.3. The third-order valence-corrected chi connectivity index (χ3v) is 5.48. The van der Waals surface area contributed by atoms with Crippen LogP contribution in [-0.2, 0) is 32.0 Å². The summed E-state index contributed by atoms with van der Waals surface area (Å²) >= 11 is 0. The van der Waals surface area contributed by atoms with Gasteiger partial charge in [-0.3, -0.25) is 19.2 Å². The van der Waals surface area contributed by atoms with Crippen molar-refractivity contribution in [2.75, 3.05) is 19.6 Å². The van der Waals surface area contributed by atoms with Crippen LogP contribution in [0.1, 0.15) is 24.5 Å². The lowest BCUT2D eigenvalue weighted by atomic mass is 10.0. The zero-order chi connectivity index (χ0) is 24.5. The lowest BCUT2D eigenvalue weighted by Gasteiger charge is -2.29. The summed E-state index contributed by atoms with van der Waals surface area (Å²) in [5, 5.41) is 7.92. The molecular weight excluding hydrogens is 439 g/mol. The minimum atomic E-state index is -0.964. The van der Waals surface area contributed by atoms with Crippen LogP contribution in [0.5, 0.6) is 0 Å². The Morgan fingerprint density at radius 1 is 0.853 bits per heavy atom. The van der Waals surface area contributed by atoms with E-state index in [2.05, 4.69) is 16.0 Å². The first-order chi connectivity index (χ1) is 16.4. The molecule has 0 radical (unpaired) electrons. The second-order valence-corrected chi connectivity index (χ2v) is 8.24. The molecule has 0 aliphatic carbocycles. The molecule has 0 bridgehead atoms. The largest absolute Gasteiger partial charge is 0.345 e. The average Bonchev–Trinajstić information content (AvgIpc) is 2.82. The number of hydrogen-bond donors (Lipinski definition) is 3. The molecule has 1 unspecified atom stereocenters. The molecule has 0 spiro atoms. The van der Waals surface area contributed by atoms with E-state index in [9.17, 15) is 23.6 Å². The van der Waals surface area contributed by atoms with Crippen molar-refractivity contribution in [2.24, 2.45) is 0 Å². The van der Waals surface area contributed by atoms with E-state index < -0.39 is 41.5 Å². The quantitative estimate of drug-likeness (QED) is 0.587. The van der Waals surface area contributed by atoms with E-state index in [4.69, 9.17) is 0 Å². The Morgan fingerprint density at radius 3 is 2.15 bits per heavy atom. The first-order valence-corrected chi connectivity index (χ1v) is 11.3. The number of amides is 4. The summed E-state index contributed by atoms with van der Waals surface area (Å²) in [7, 11) is 0. The van der Waals surface area contributed by atoms with E-state index in [1.54, 1.807) is 0 Å². The van der Waals surface area contributed by atoms with E-state index in [1.807, 2.05) is 37.3 Å². The number of carbonyl (C=O) groups is 4. The average molecular weight is 469 g/mol. The molecule has 180 valence electrons. The Morgan fingerprint density at radius 2 is 1.47 bits per heavy atom. The molecule has 1 saturated heterocycles. The normalized spacial score (nSPS) is 20.0. The van der Waals surface area contributed by atoms with Gasteiger partial charge in [-0.25, -0.2) is 4.39 Å². The molecule has 9 heteroatoms. The summed E-state index contributed by atoms with van der Waals surface area (Å²) in [4.78, 5) is 52.9. The summed E-state index contributed by atoms with van der Waals surface area (Å²) in [6, 6.07) is 13.0. The molecule has 8 nitrogen and oxygen atoms in total. The summed E-state index contributed by atoms with van der Waals surface area (Å²) in [5.41, 5.74) is 1.50. The molecule has 0 saturated carbocycles. The van der Waals surface area contributed by atoms with Gasteiger partial charge in [0.25, 0.3) is 0 Å². The summed E-state index contributed by atoms with van der Waals surface area (Å²) in [5.74, 6) is -2.31. The topological polar surface area (TPSA) is 108 Å². The molecule has 1 aliphatic rings. The molecule has 3 N–H and O–H groups in total. The van der Waals surface area contributed by atoms with Crippen molar-refractivity contribution in [3.8, 4) is 0 Å². The van der Waals surface area contributed by atoms with Crippen LogP contribution in [0.25, 0.3) is 0 Å². The van der Waals surface area contributed by atoms with Gasteiger partial charge in [0.15, 0.2) is 0 Å². The zero-order valence-electron chi connectivity index (χ0n) is 19.1. The summed E-state index contributed by atoms with van der Waals surface area (Å²) in [6.45, 7) is 1.58. The summed E-state index contributed by atoms with van der Waals surface area (Å²) < 4.78 is 13.3. The van der Waals surface area contributed by atoms with Crippen LogP contribution in [-0.4, -0.2) is 60.2 Å². The van der Waals surface area contributed by atoms with Crippen LogP contribution in [0.15, 0.2) is 54.6 Å². The predicted molar refractivity (Wildman–Crippen MR) is 124 cm³/mol. The third kappa shape index (κ3) is 7.13. The van der Waals surface area contributed by atoms with E-state index in [0.717, 1.165) is 5.56 Å². The smallest absolute Gasteiger partial charge is 0.245 e. The van der Waals surface area contributed by atoms with Crippen LogP contribution in [0.2, 0.25) is 0 Å². The highest BCUT2D eigenvalue weighted by Gasteiger charge is 2.30. The van der Waals surface area contributed by atoms with E-state index in [1.165, 1.54) is 29.2 Å². The van der Waals surface area contributed by atoms with Gasteiger partial charge in [-0.1, -0.05) is 49.4 Å². The fourth-order valence-corrected chi connectivity index (χ4v) is 3.82. The van der Waals surface area contributed by atoms with Crippen LogP contribution < -0.4 is 16.0 Å². The highest BCUT2D eigenvalue weighted by Crippen LogP contribution is 2.10. The van der Waals surface area contributed by atoms with Crippen molar-refractivity contribution < 1.29 is 23.6 Å². The first kappa shape index (κ1) is 24.9. The number of nitrogens with zero attached hydrogens (tertiary/aromatic N) is 1. The van der Waals surface area contributed by atoms with Gasteiger partial charge < -0.3 is 20.9 Å². The van der Waals surface area contributed by atoms with Crippen LogP contribution in [0.3, 0.4) is 0 Å².